The highest BCUT2D eigenvalue weighted by Crippen LogP contribution is 2.38. The molecule has 206 valence electrons. The van der Waals surface area contributed by atoms with Crippen LogP contribution >= 0.6 is 34.5 Å². The van der Waals surface area contributed by atoms with Crippen molar-refractivity contribution in [1.82, 2.24) is 4.57 Å². The third kappa shape index (κ3) is 4.96. The minimum Gasteiger partial charge on any atom is -0.497 e. The molecular weight excluding hydrogens is 575 g/mol. The topological polar surface area (TPSA) is 92.3 Å². The highest BCUT2D eigenvalue weighted by Gasteiger charge is 2.35. The first-order valence-corrected chi connectivity index (χ1v) is 13.8. The molecular formula is C29H24Cl2N2O6S. The number of thiazole rings is 1. The van der Waals surface area contributed by atoms with Crippen LogP contribution in [-0.2, 0) is 9.53 Å². The Balaban J connectivity index is 1.69. The second-order valence-corrected chi connectivity index (χ2v) is 10.5. The first-order chi connectivity index (χ1) is 19.3. The number of ether oxygens (including phenoxy) is 3. The Kier molecular flexibility index (Phi) is 7.89. The maximum absolute atomic E-state index is 13.9. The van der Waals surface area contributed by atoms with Gasteiger partial charge >= 0.3 is 5.97 Å². The molecule has 5 rings (SSSR count). The van der Waals surface area contributed by atoms with Gasteiger partial charge in [-0.1, -0.05) is 40.6 Å². The zero-order chi connectivity index (χ0) is 28.6. The van der Waals surface area contributed by atoms with Gasteiger partial charge in [-0.15, -0.1) is 0 Å². The lowest BCUT2D eigenvalue weighted by atomic mass is 9.95. The minimum atomic E-state index is -0.861. The fourth-order valence-electron chi connectivity index (χ4n) is 4.54. The SMILES string of the molecule is CCOC(=O)C1=C(C)N=c2s/c(=C/c3ccc(-c4cccc(Cl)c4Cl)o3)c(=O)n2[C@H]1c1cc(OC)ccc1OC. The molecule has 0 saturated heterocycles. The van der Waals surface area contributed by atoms with E-state index in [0.717, 1.165) is 0 Å². The summed E-state index contributed by atoms with van der Waals surface area (Å²) < 4.78 is 24.3. The maximum Gasteiger partial charge on any atom is 0.338 e. The Bertz CT molecular complexity index is 1840. The molecule has 0 fully saturated rings. The lowest BCUT2D eigenvalue weighted by molar-refractivity contribution is -0.139. The zero-order valence-electron chi connectivity index (χ0n) is 22.0. The smallest absolute Gasteiger partial charge is 0.338 e. The molecule has 0 bridgehead atoms. The number of benzene rings is 2. The van der Waals surface area contributed by atoms with Crippen molar-refractivity contribution in [2.24, 2.45) is 4.99 Å². The summed E-state index contributed by atoms with van der Waals surface area (Å²) in [6.45, 7) is 3.61. The highest BCUT2D eigenvalue weighted by molar-refractivity contribution is 7.07. The molecule has 2 aromatic carbocycles. The average molecular weight is 599 g/mol. The van der Waals surface area contributed by atoms with Gasteiger partial charge in [-0.25, -0.2) is 9.79 Å². The van der Waals surface area contributed by atoms with Gasteiger partial charge in [0.1, 0.15) is 29.1 Å². The van der Waals surface area contributed by atoms with Crippen molar-refractivity contribution in [3.63, 3.8) is 0 Å². The van der Waals surface area contributed by atoms with Gasteiger partial charge in [0.2, 0.25) is 0 Å². The molecule has 0 amide bonds. The van der Waals surface area contributed by atoms with E-state index in [0.29, 0.717) is 59.2 Å². The largest absolute Gasteiger partial charge is 0.497 e. The first-order valence-electron chi connectivity index (χ1n) is 12.2. The monoisotopic (exact) mass is 598 g/mol. The number of rotatable bonds is 7. The van der Waals surface area contributed by atoms with Gasteiger partial charge in [0.15, 0.2) is 4.80 Å². The van der Waals surface area contributed by atoms with Crippen molar-refractivity contribution in [2.45, 2.75) is 19.9 Å². The third-order valence-corrected chi connectivity index (χ3v) is 8.17. The van der Waals surface area contributed by atoms with Gasteiger partial charge in [-0.3, -0.25) is 9.36 Å². The van der Waals surface area contributed by atoms with Gasteiger partial charge in [0.05, 0.1) is 46.7 Å². The van der Waals surface area contributed by atoms with Gasteiger partial charge < -0.3 is 18.6 Å². The van der Waals surface area contributed by atoms with Crippen molar-refractivity contribution in [2.75, 3.05) is 20.8 Å². The van der Waals surface area contributed by atoms with Crippen molar-refractivity contribution in [3.8, 4) is 22.8 Å². The quantitative estimate of drug-likeness (QED) is 0.265. The molecule has 0 N–H and O–H groups in total. The van der Waals surface area contributed by atoms with E-state index in [9.17, 15) is 9.59 Å². The number of hydrogen-bond acceptors (Lipinski definition) is 8. The number of carbonyl (C=O) groups excluding carboxylic acids is 1. The second-order valence-electron chi connectivity index (χ2n) is 8.71. The van der Waals surface area contributed by atoms with E-state index in [1.807, 2.05) is 0 Å². The molecule has 0 unspecified atom stereocenters. The molecule has 0 saturated carbocycles. The molecule has 4 aromatic rings. The predicted octanol–water partition coefficient (Wildman–Crippen LogP) is 5.38. The Morgan fingerprint density at radius 3 is 2.67 bits per heavy atom. The van der Waals surface area contributed by atoms with E-state index >= 15 is 0 Å². The number of furan rings is 1. The van der Waals surface area contributed by atoms with E-state index in [1.165, 1.54) is 23.0 Å². The lowest BCUT2D eigenvalue weighted by Crippen LogP contribution is -2.40. The fourth-order valence-corrected chi connectivity index (χ4v) is 5.96. The van der Waals surface area contributed by atoms with E-state index < -0.39 is 12.0 Å². The lowest BCUT2D eigenvalue weighted by Gasteiger charge is -2.26. The summed E-state index contributed by atoms with van der Waals surface area (Å²) in [7, 11) is 3.06. The van der Waals surface area contributed by atoms with E-state index in [4.69, 9.17) is 41.8 Å². The highest BCUT2D eigenvalue weighted by atomic mass is 35.5. The van der Waals surface area contributed by atoms with Crippen LogP contribution < -0.4 is 24.4 Å². The van der Waals surface area contributed by atoms with Crippen LogP contribution in [0.3, 0.4) is 0 Å². The van der Waals surface area contributed by atoms with E-state index in [2.05, 4.69) is 4.99 Å². The number of esters is 1. The number of halogens is 2. The number of fused-ring (bicyclic) bond motifs is 1. The van der Waals surface area contributed by atoms with Gasteiger partial charge in [-0.05, 0) is 56.3 Å². The minimum absolute atomic E-state index is 0.166. The Morgan fingerprint density at radius 2 is 1.95 bits per heavy atom. The number of carbonyl (C=O) groups is 1. The number of nitrogens with zero attached hydrogens (tertiary/aromatic N) is 2. The Labute approximate surface area is 243 Å². The van der Waals surface area contributed by atoms with Crippen molar-refractivity contribution >= 4 is 46.6 Å². The van der Waals surface area contributed by atoms with Crippen LogP contribution in [0, 0.1) is 0 Å². The number of hydrogen-bond donors (Lipinski definition) is 0. The summed E-state index contributed by atoms with van der Waals surface area (Å²) in [5.41, 5.74) is 1.52. The van der Waals surface area contributed by atoms with Crippen LogP contribution in [0.4, 0.5) is 0 Å². The van der Waals surface area contributed by atoms with Crippen molar-refractivity contribution in [3.05, 3.63) is 101 Å². The first kappa shape index (κ1) is 27.8. The summed E-state index contributed by atoms with van der Waals surface area (Å²) in [5, 5.41) is 0.782. The average Bonchev–Trinajstić information content (AvgIpc) is 3.53. The fraction of sp³-hybridized carbons (Fsp3) is 0.207. The van der Waals surface area contributed by atoms with Crippen LogP contribution in [0.5, 0.6) is 11.5 Å². The normalized spacial score (nSPS) is 15.1. The molecule has 2 aromatic heterocycles. The molecule has 1 atom stereocenters. The number of aromatic nitrogens is 1. The summed E-state index contributed by atoms with van der Waals surface area (Å²) in [6.07, 6.45) is 1.63. The molecule has 40 heavy (non-hydrogen) atoms. The molecule has 1 aliphatic heterocycles. The Hall–Kier alpha value is -3.79. The zero-order valence-corrected chi connectivity index (χ0v) is 24.3. The predicted molar refractivity (Wildman–Crippen MR) is 154 cm³/mol. The van der Waals surface area contributed by atoms with E-state index in [-0.39, 0.29) is 17.7 Å². The van der Waals surface area contributed by atoms with Crippen molar-refractivity contribution in [1.29, 1.82) is 0 Å². The molecule has 3 heterocycles. The Morgan fingerprint density at radius 1 is 1.15 bits per heavy atom. The van der Waals surface area contributed by atoms with Crippen LogP contribution in [0.2, 0.25) is 10.0 Å². The standard InChI is InChI=1S/C29H24Cl2N2O6S/c1-5-38-28(35)24-15(2)32-29-33(26(24)19-13-16(36-3)9-11-21(19)37-4)27(34)23(40-29)14-17-10-12-22(39-17)18-7-6-8-20(30)25(18)31/h6-14,26H,5H2,1-4H3/b23-14+/t26-/m0/s1. The molecule has 0 radical (unpaired) electrons. The number of allylic oxidation sites excluding steroid dienone is 1. The summed E-state index contributed by atoms with van der Waals surface area (Å²) >= 11 is 13.7. The van der Waals surface area contributed by atoms with Gasteiger partial charge in [0.25, 0.3) is 5.56 Å². The van der Waals surface area contributed by atoms with Crippen LogP contribution in [0.1, 0.15) is 31.2 Å². The maximum atomic E-state index is 13.9. The van der Waals surface area contributed by atoms with Gasteiger partial charge in [0, 0.05) is 17.2 Å². The van der Waals surface area contributed by atoms with Crippen LogP contribution in [0.25, 0.3) is 17.4 Å². The molecule has 0 aliphatic carbocycles. The third-order valence-electron chi connectivity index (χ3n) is 6.37. The molecule has 11 heteroatoms. The van der Waals surface area contributed by atoms with Crippen LogP contribution in [-0.4, -0.2) is 31.4 Å². The van der Waals surface area contributed by atoms with Crippen molar-refractivity contribution < 1.29 is 23.4 Å². The number of methoxy groups -OCH3 is 2. The van der Waals surface area contributed by atoms with Gasteiger partial charge in [-0.2, -0.15) is 0 Å². The van der Waals surface area contributed by atoms with E-state index in [1.54, 1.807) is 75.6 Å². The molecule has 1 aliphatic rings. The summed E-state index contributed by atoms with van der Waals surface area (Å²) in [5.74, 6) is 1.39. The summed E-state index contributed by atoms with van der Waals surface area (Å²) in [6, 6.07) is 13.1. The second kappa shape index (κ2) is 11.4. The molecule has 0 spiro atoms. The molecule has 8 nitrogen and oxygen atoms in total. The van der Waals surface area contributed by atoms with Crippen LogP contribution in [0.15, 0.2) is 74.0 Å². The summed E-state index contributed by atoms with van der Waals surface area (Å²) in [4.78, 5) is 32.1.